The van der Waals surface area contributed by atoms with Crippen molar-refractivity contribution in [2.24, 2.45) is 0 Å². The molecule has 3 heterocycles. The van der Waals surface area contributed by atoms with Crippen LogP contribution in [-0.2, 0) is 22.4 Å². The third-order valence-electron chi connectivity index (χ3n) is 4.35. The van der Waals surface area contributed by atoms with Crippen molar-refractivity contribution < 1.29 is 9.53 Å². The number of ether oxygens (including phenoxy) is 1. The first-order chi connectivity index (χ1) is 9.33. The number of amides is 1. The second-order valence-electron chi connectivity index (χ2n) is 5.60. The smallest absolute Gasteiger partial charge is 0.231 e. The van der Waals surface area contributed by atoms with Crippen LogP contribution in [0, 0.1) is 0 Å². The van der Waals surface area contributed by atoms with Gasteiger partial charge in [0.2, 0.25) is 5.91 Å². The molecule has 1 amide bonds. The second-order valence-corrected chi connectivity index (χ2v) is 5.60. The van der Waals surface area contributed by atoms with Crippen molar-refractivity contribution in [3.05, 3.63) is 28.8 Å². The van der Waals surface area contributed by atoms with Gasteiger partial charge in [0.15, 0.2) is 0 Å². The van der Waals surface area contributed by atoms with Crippen molar-refractivity contribution in [1.29, 1.82) is 0 Å². The quantitative estimate of drug-likeness (QED) is 0.822. The van der Waals surface area contributed by atoms with E-state index in [0.717, 1.165) is 39.1 Å². The minimum Gasteiger partial charge on any atom is -0.378 e. The largest absolute Gasteiger partial charge is 0.378 e. The van der Waals surface area contributed by atoms with Crippen molar-refractivity contribution >= 4 is 11.6 Å². The predicted molar refractivity (Wildman–Crippen MR) is 72.4 cm³/mol. The molecule has 1 fully saturated rings. The number of aryl methyl sites for hydroxylation is 1. The fourth-order valence-electron chi connectivity index (χ4n) is 3.49. The summed E-state index contributed by atoms with van der Waals surface area (Å²) in [4.78, 5) is 14.0. The van der Waals surface area contributed by atoms with E-state index in [2.05, 4.69) is 17.4 Å². The van der Waals surface area contributed by atoms with Gasteiger partial charge in [-0.1, -0.05) is 12.1 Å². The molecule has 1 saturated heterocycles. The summed E-state index contributed by atoms with van der Waals surface area (Å²) in [7, 11) is 0. The Kier molecular flexibility index (Phi) is 2.60. The first-order valence-corrected chi connectivity index (χ1v) is 7.10. The van der Waals surface area contributed by atoms with Gasteiger partial charge in [-0.3, -0.25) is 4.79 Å². The number of nitrogens with one attached hydrogen (secondary N) is 1. The SMILES string of the molecule is O=C1Cc2cc(C3COCCN3)cc3c2N1CCC3. The number of hydrogen-bond donors (Lipinski definition) is 1. The van der Waals surface area contributed by atoms with E-state index in [1.54, 1.807) is 0 Å². The predicted octanol–water partition coefficient (Wildman–Crippen LogP) is 1.18. The zero-order valence-electron chi connectivity index (χ0n) is 10.9. The first kappa shape index (κ1) is 11.4. The highest BCUT2D eigenvalue weighted by molar-refractivity contribution is 6.02. The topological polar surface area (TPSA) is 41.6 Å². The summed E-state index contributed by atoms with van der Waals surface area (Å²) in [6.07, 6.45) is 2.74. The van der Waals surface area contributed by atoms with Crippen molar-refractivity contribution in [3.8, 4) is 0 Å². The molecule has 1 aromatic carbocycles. The zero-order chi connectivity index (χ0) is 12.8. The van der Waals surface area contributed by atoms with E-state index in [9.17, 15) is 4.79 Å². The molecule has 3 aliphatic rings. The summed E-state index contributed by atoms with van der Waals surface area (Å²) < 4.78 is 5.55. The number of carbonyl (C=O) groups is 1. The minimum atomic E-state index is 0.265. The molecule has 1 atom stereocenters. The second kappa shape index (κ2) is 4.32. The first-order valence-electron chi connectivity index (χ1n) is 7.10. The molecule has 0 saturated carbocycles. The van der Waals surface area contributed by atoms with E-state index in [4.69, 9.17) is 4.74 Å². The molecular weight excluding hydrogens is 240 g/mol. The third-order valence-corrected chi connectivity index (χ3v) is 4.35. The van der Waals surface area contributed by atoms with Crippen molar-refractivity contribution in [2.75, 3.05) is 31.2 Å². The van der Waals surface area contributed by atoms with Gasteiger partial charge in [0.25, 0.3) is 0 Å². The Morgan fingerprint density at radius 3 is 3.05 bits per heavy atom. The van der Waals surface area contributed by atoms with E-state index in [1.165, 1.54) is 22.4 Å². The molecule has 100 valence electrons. The molecule has 0 spiro atoms. The van der Waals surface area contributed by atoms with Gasteiger partial charge in [0.05, 0.1) is 31.4 Å². The summed E-state index contributed by atoms with van der Waals surface area (Å²) in [5.41, 5.74) is 5.04. The van der Waals surface area contributed by atoms with E-state index in [0.29, 0.717) is 6.42 Å². The molecule has 1 N–H and O–H groups in total. The lowest BCUT2D eigenvalue weighted by atomic mass is 9.94. The molecule has 1 aromatic rings. The van der Waals surface area contributed by atoms with Crippen LogP contribution in [0.15, 0.2) is 12.1 Å². The van der Waals surface area contributed by atoms with Gasteiger partial charge in [0, 0.05) is 13.1 Å². The molecule has 4 rings (SSSR count). The number of nitrogens with zero attached hydrogens (tertiary/aromatic N) is 1. The number of morpholine rings is 1. The highest BCUT2D eigenvalue weighted by atomic mass is 16.5. The molecule has 4 nitrogen and oxygen atoms in total. The van der Waals surface area contributed by atoms with Crippen LogP contribution in [0.5, 0.6) is 0 Å². The van der Waals surface area contributed by atoms with Crippen LogP contribution in [0.4, 0.5) is 5.69 Å². The van der Waals surface area contributed by atoms with Crippen molar-refractivity contribution in [1.82, 2.24) is 5.32 Å². The van der Waals surface area contributed by atoms with Crippen molar-refractivity contribution in [2.45, 2.75) is 25.3 Å². The molecule has 19 heavy (non-hydrogen) atoms. The van der Waals surface area contributed by atoms with Gasteiger partial charge in [0.1, 0.15) is 0 Å². The Hall–Kier alpha value is -1.39. The number of hydrogen-bond acceptors (Lipinski definition) is 3. The molecule has 4 heteroatoms. The van der Waals surface area contributed by atoms with E-state index >= 15 is 0 Å². The van der Waals surface area contributed by atoms with Gasteiger partial charge >= 0.3 is 0 Å². The van der Waals surface area contributed by atoms with Crippen LogP contribution >= 0.6 is 0 Å². The Labute approximate surface area is 112 Å². The fraction of sp³-hybridized carbons (Fsp3) is 0.533. The molecular formula is C15H18N2O2. The number of anilines is 1. The number of rotatable bonds is 1. The normalized spacial score (nSPS) is 25.6. The summed E-state index contributed by atoms with van der Waals surface area (Å²) in [5.74, 6) is 0.265. The third kappa shape index (κ3) is 1.78. The standard InChI is InChI=1S/C15H18N2O2/c18-14-8-12-7-11(13-9-19-5-3-16-13)6-10-2-1-4-17(14)15(10)12/h6-7,13,16H,1-5,8-9H2. The van der Waals surface area contributed by atoms with Crippen LogP contribution in [-0.4, -0.2) is 32.2 Å². The monoisotopic (exact) mass is 258 g/mol. The van der Waals surface area contributed by atoms with Gasteiger partial charge < -0.3 is 15.0 Å². The average molecular weight is 258 g/mol. The Morgan fingerprint density at radius 1 is 1.32 bits per heavy atom. The molecule has 1 unspecified atom stereocenters. The molecule has 0 aliphatic carbocycles. The van der Waals surface area contributed by atoms with Gasteiger partial charge in [-0.25, -0.2) is 0 Å². The lowest BCUT2D eigenvalue weighted by Gasteiger charge is -2.28. The maximum Gasteiger partial charge on any atom is 0.231 e. The lowest BCUT2D eigenvalue weighted by Crippen LogP contribution is -2.35. The molecule has 0 bridgehead atoms. The Bertz CT molecular complexity index is 535. The van der Waals surface area contributed by atoms with E-state index in [1.807, 2.05) is 4.90 Å². The maximum atomic E-state index is 12.0. The molecule has 0 aromatic heterocycles. The van der Waals surface area contributed by atoms with Crippen LogP contribution in [0.2, 0.25) is 0 Å². The zero-order valence-corrected chi connectivity index (χ0v) is 10.9. The summed E-state index contributed by atoms with van der Waals surface area (Å²) >= 11 is 0. The molecule has 3 aliphatic heterocycles. The van der Waals surface area contributed by atoms with E-state index < -0.39 is 0 Å². The highest BCUT2D eigenvalue weighted by Gasteiger charge is 2.33. The van der Waals surface area contributed by atoms with Gasteiger partial charge in [-0.05, 0) is 29.5 Å². The summed E-state index contributed by atoms with van der Waals surface area (Å²) in [6.45, 7) is 3.32. The van der Waals surface area contributed by atoms with E-state index in [-0.39, 0.29) is 11.9 Å². The average Bonchev–Trinajstić information content (AvgIpc) is 2.78. The van der Waals surface area contributed by atoms with Gasteiger partial charge in [-0.15, -0.1) is 0 Å². The highest BCUT2D eigenvalue weighted by Crippen LogP contribution is 2.38. The van der Waals surface area contributed by atoms with Gasteiger partial charge in [-0.2, -0.15) is 0 Å². The summed E-state index contributed by atoms with van der Waals surface area (Å²) in [5, 5.41) is 3.49. The van der Waals surface area contributed by atoms with Crippen LogP contribution in [0.25, 0.3) is 0 Å². The Balaban J connectivity index is 1.76. The summed E-state index contributed by atoms with van der Waals surface area (Å²) in [6, 6.07) is 4.76. The van der Waals surface area contributed by atoms with Crippen molar-refractivity contribution in [3.63, 3.8) is 0 Å². The van der Waals surface area contributed by atoms with Crippen LogP contribution < -0.4 is 10.2 Å². The fourth-order valence-corrected chi connectivity index (χ4v) is 3.49. The minimum absolute atomic E-state index is 0.265. The maximum absolute atomic E-state index is 12.0. The Morgan fingerprint density at radius 2 is 2.21 bits per heavy atom. The lowest BCUT2D eigenvalue weighted by molar-refractivity contribution is -0.117. The number of benzene rings is 1. The number of carbonyl (C=O) groups excluding carboxylic acids is 1. The van der Waals surface area contributed by atoms with Crippen LogP contribution in [0.3, 0.4) is 0 Å². The van der Waals surface area contributed by atoms with Crippen LogP contribution in [0.1, 0.15) is 29.2 Å². The molecule has 0 radical (unpaired) electrons.